The normalized spacial score (nSPS) is 11.8. The first-order valence-corrected chi connectivity index (χ1v) is 8.17. The predicted molar refractivity (Wildman–Crippen MR) is 96.2 cm³/mol. The lowest BCUT2D eigenvalue weighted by atomic mass is 10.1. The average molecular weight is 352 g/mol. The Hall–Kier alpha value is -3.19. The summed E-state index contributed by atoms with van der Waals surface area (Å²) < 4.78 is 7.06. The number of rotatable bonds is 6. The third-order valence-electron chi connectivity index (χ3n) is 4.02. The summed E-state index contributed by atoms with van der Waals surface area (Å²) in [4.78, 5) is 16.4. The van der Waals surface area contributed by atoms with E-state index in [0.29, 0.717) is 11.3 Å². The second kappa shape index (κ2) is 7.79. The van der Waals surface area contributed by atoms with Crippen LogP contribution in [0.5, 0.6) is 5.75 Å². The van der Waals surface area contributed by atoms with E-state index >= 15 is 0 Å². The van der Waals surface area contributed by atoms with Gasteiger partial charge in [-0.3, -0.25) is 9.78 Å². The molecule has 2 N–H and O–H groups in total. The van der Waals surface area contributed by atoms with Crippen LogP contribution in [0.2, 0.25) is 0 Å². The van der Waals surface area contributed by atoms with Crippen molar-refractivity contribution in [1.29, 1.82) is 0 Å². The molecule has 2 aromatic heterocycles. The monoisotopic (exact) mass is 352 g/mol. The summed E-state index contributed by atoms with van der Waals surface area (Å²) in [6.07, 6.45) is 5.06. The molecule has 7 nitrogen and oxygen atoms in total. The van der Waals surface area contributed by atoms with Gasteiger partial charge in [-0.15, -0.1) is 0 Å². The summed E-state index contributed by atoms with van der Waals surface area (Å²) in [6, 6.07) is 10.5. The first-order valence-electron chi connectivity index (χ1n) is 8.17. The van der Waals surface area contributed by atoms with Crippen LogP contribution in [0.25, 0.3) is 5.69 Å². The van der Waals surface area contributed by atoms with Crippen molar-refractivity contribution in [1.82, 2.24) is 20.1 Å². The van der Waals surface area contributed by atoms with Gasteiger partial charge in [-0.1, -0.05) is 12.1 Å². The maximum atomic E-state index is 12.4. The number of carbonyl (C=O) groups excluding carboxylic acids is 1. The molecule has 7 heteroatoms. The Kier molecular flexibility index (Phi) is 5.28. The number of amides is 1. The molecule has 1 aromatic carbocycles. The molecule has 0 saturated heterocycles. The number of benzene rings is 1. The van der Waals surface area contributed by atoms with Gasteiger partial charge in [-0.05, 0) is 36.8 Å². The zero-order valence-corrected chi connectivity index (χ0v) is 14.6. The van der Waals surface area contributed by atoms with Crippen LogP contribution in [0.3, 0.4) is 0 Å². The molecule has 3 rings (SSSR count). The van der Waals surface area contributed by atoms with Crippen LogP contribution >= 0.6 is 0 Å². The number of nitrogens with one attached hydrogen (secondary N) is 1. The second-order valence-corrected chi connectivity index (χ2v) is 5.79. The molecule has 0 bridgehead atoms. The van der Waals surface area contributed by atoms with Gasteiger partial charge in [0.2, 0.25) is 0 Å². The van der Waals surface area contributed by atoms with Crippen LogP contribution in [0, 0.1) is 0 Å². The minimum absolute atomic E-state index is 0.135. The topological polar surface area (TPSA) is 89.3 Å². The molecule has 134 valence electrons. The van der Waals surface area contributed by atoms with E-state index < -0.39 is 0 Å². The molecule has 0 unspecified atom stereocenters. The number of nitrogens with zero attached hydrogens (tertiary/aromatic N) is 3. The number of hydrogen-bond acceptors (Lipinski definition) is 5. The van der Waals surface area contributed by atoms with Crippen LogP contribution < -0.4 is 10.1 Å². The van der Waals surface area contributed by atoms with Crippen molar-refractivity contribution in [2.45, 2.75) is 19.6 Å². The maximum absolute atomic E-state index is 12.4. The number of aromatic nitrogens is 3. The number of methoxy groups -OCH3 is 1. The van der Waals surface area contributed by atoms with Gasteiger partial charge in [0.25, 0.3) is 5.91 Å². The van der Waals surface area contributed by atoms with Crippen molar-refractivity contribution >= 4 is 5.91 Å². The Morgan fingerprint density at radius 2 is 2.15 bits per heavy atom. The number of para-hydroxylation sites is 2. The first-order chi connectivity index (χ1) is 12.6. The molecule has 2 heterocycles. The first kappa shape index (κ1) is 17.6. The Morgan fingerprint density at radius 3 is 2.92 bits per heavy atom. The number of pyridine rings is 1. The highest BCUT2D eigenvalue weighted by atomic mass is 16.5. The molecule has 0 spiro atoms. The molecule has 1 amide bonds. The Balaban J connectivity index is 1.75. The van der Waals surface area contributed by atoms with Gasteiger partial charge in [0.05, 0.1) is 26.0 Å². The van der Waals surface area contributed by atoms with Gasteiger partial charge in [0.15, 0.2) is 0 Å². The van der Waals surface area contributed by atoms with Gasteiger partial charge < -0.3 is 15.2 Å². The predicted octanol–water partition coefficient (Wildman–Crippen LogP) is 2.26. The average Bonchev–Trinajstić information content (AvgIpc) is 3.18. The lowest BCUT2D eigenvalue weighted by Crippen LogP contribution is -2.27. The van der Waals surface area contributed by atoms with Crippen molar-refractivity contribution in [3.63, 3.8) is 0 Å². The molecule has 0 aliphatic rings. The van der Waals surface area contributed by atoms with Crippen LogP contribution in [0.4, 0.5) is 0 Å². The second-order valence-electron chi connectivity index (χ2n) is 5.79. The zero-order valence-electron chi connectivity index (χ0n) is 14.6. The molecular formula is C19H20N4O3. The third kappa shape index (κ3) is 3.73. The fraction of sp³-hybridized carbons (Fsp3) is 0.211. The van der Waals surface area contributed by atoms with Gasteiger partial charge in [0, 0.05) is 18.0 Å². The molecule has 0 aliphatic carbocycles. The van der Waals surface area contributed by atoms with E-state index in [1.54, 1.807) is 30.1 Å². The van der Waals surface area contributed by atoms with E-state index in [0.717, 1.165) is 11.3 Å². The summed E-state index contributed by atoms with van der Waals surface area (Å²) >= 11 is 0. The van der Waals surface area contributed by atoms with Crippen molar-refractivity contribution < 1.29 is 14.6 Å². The quantitative estimate of drug-likeness (QED) is 0.710. The van der Waals surface area contributed by atoms with Gasteiger partial charge in [0.1, 0.15) is 17.1 Å². The van der Waals surface area contributed by atoms with Crippen LogP contribution in [-0.4, -0.2) is 32.9 Å². The number of aliphatic hydroxyl groups excluding tert-OH is 1. The highest BCUT2D eigenvalue weighted by Gasteiger charge is 2.15. The smallest absolute Gasteiger partial charge is 0.270 e. The van der Waals surface area contributed by atoms with E-state index in [1.165, 1.54) is 6.20 Å². The molecule has 0 fully saturated rings. The van der Waals surface area contributed by atoms with Gasteiger partial charge in [-0.25, -0.2) is 4.68 Å². The number of ether oxygens (including phenoxy) is 1. The SMILES string of the molecule is COc1ccccc1-n1cc([C@H](C)NC(=O)c2cc(CO)ccn2)cn1. The van der Waals surface area contributed by atoms with Crippen LogP contribution in [0.1, 0.15) is 34.6 Å². The van der Waals surface area contributed by atoms with E-state index in [1.807, 2.05) is 37.4 Å². The van der Waals surface area contributed by atoms with E-state index in [2.05, 4.69) is 15.4 Å². The molecule has 26 heavy (non-hydrogen) atoms. The van der Waals surface area contributed by atoms with Gasteiger partial charge in [-0.2, -0.15) is 5.10 Å². The minimum atomic E-state index is -0.308. The van der Waals surface area contributed by atoms with E-state index in [4.69, 9.17) is 4.74 Å². The number of carbonyl (C=O) groups is 1. The molecule has 1 atom stereocenters. The standard InChI is InChI=1S/C19H20N4O3/c1-13(22-19(25)16-9-14(12-24)7-8-20-16)15-10-21-23(11-15)17-5-3-4-6-18(17)26-2/h3-11,13,24H,12H2,1-2H3,(H,22,25)/t13-/m0/s1. The largest absolute Gasteiger partial charge is 0.494 e. The van der Waals surface area contributed by atoms with Crippen LogP contribution in [0.15, 0.2) is 55.0 Å². The zero-order chi connectivity index (χ0) is 18.5. The molecule has 0 aliphatic heterocycles. The van der Waals surface area contributed by atoms with Crippen molar-refractivity contribution in [2.75, 3.05) is 7.11 Å². The molecule has 0 radical (unpaired) electrons. The fourth-order valence-corrected chi connectivity index (χ4v) is 2.56. The van der Waals surface area contributed by atoms with Crippen molar-refractivity contribution in [3.05, 3.63) is 71.8 Å². The highest BCUT2D eigenvalue weighted by molar-refractivity contribution is 5.92. The molecule has 0 saturated carbocycles. The Bertz CT molecular complexity index is 907. The Morgan fingerprint density at radius 1 is 1.35 bits per heavy atom. The fourth-order valence-electron chi connectivity index (χ4n) is 2.56. The summed E-state index contributed by atoms with van der Waals surface area (Å²) in [5.74, 6) is 0.404. The Labute approximate surface area is 151 Å². The maximum Gasteiger partial charge on any atom is 0.270 e. The summed E-state index contributed by atoms with van der Waals surface area (Å²) in [5, 5.41) is 16.4. The summed E-state index contributed by atoms with van der Waals surface area (Å²) in [6.45, 7) is 1.74. The summed E-state index contributed by atoms with van der Waals surface area (Å²) in [7, 11) is 1.61. The minimum Gasteiger partial charge on any atom is -0.494 e. The van der Waals surface area contributed by atoms with Crippen molar-refractivity contribution in [2.24, 2.45) is 0 Å². The van der Waals surface area contributed by atoms with E-state index in [9.17, 15) is 9.90 Å². The third-order valence-corrected chi connectivity index (χ3v) is 4.02. The summed E-state index contributed by atoms with van der Waals surface area (Å²) in [5.41, 5.74) is 2.57. The molecule has 3 aromatic rings. The highest BCUT2D eigenvalue weighted by Crippen LogP contribution is 2.23. The van der Waals surface area contributed by atoms with E-state index in [-0.39, 0.29) is 24.2 Å². The van der Waals surface area contributed by atoms with Crippen LogP contribution in [-0.2, 0) is 6.61 Å². The lowest BCUT2D eigenvalue weighted by Gasteiger charge is -2.12. The van der Waals surface area contributed by atoms with Gasteiger partial charge >= 0.3 is 0 Å². The number of aliphatic hydroxyl groups is 1. The number of hydrogen-bond donors (Lipinski definition) is 2. The molecular weight excluding hydrogens is 332 g/mol. The van der Waals surface area contributed by atoms with Crippen molar-refractivity contribution in [3.8, 4) is 11.4 Å². The lowest BCUT2D eigenvalue weighted by molar-refractivity contribution is 0.0934.